The van der Waals surface area contributed by atoms with Crippen molar-refractivity contribution in [3.8, 4) is 11.5 Å². The number of aromatic nitrogens is 4. The minimum Gasteiger partial charge on any atom is -0.490 e. The van der Waals surface area contributed by atoms with E-state index in [4.69, 9.17) is 21.1 Å². The molecule has 26 heavy (non-hydrogen) atoms. The Bertz CT molecular complexity index is 860. The number of anilines is 1. The highest BCUT2D eigenvalue weighted by Gasteiger charge is 2.13. The molecule has 0 aliphatic heterocycles. The summed E-state index contributed by atoms with van der Waals surface area (Å²) >= 11 is 9.76. The number of nitrogens with one attached hydrogen (secondary N) is 2. The molecular weight excluding hydrogens is 422 g/mol. The second-order valence-corrected chi connectivity index (χ2v) is 6.57. The van der Waals surface area contributed by atoms with E-state index < -0.39 is 0 Å². The van der Waals surface area contributed by atoms with Gasteiger partial charge in [-0.2, -0.15) is 5.21 Å². The highest BCUT2D eigenvalue weighted by Crippen LogP contribution is 2.38. The molecule has 9 heteroatoms. The van der Waals surface area contributed by atoms with Gasteiger partial charge in [0.15, 0.2) is 11.5 Å². The lowest BCUT2D eigenvalue weighted by Gasteiger charge is -2.16. The van der Waals surface area contributed by atoms with Crippen LogP contribution in [0.15, 0.2) is 40.9 Å². The predicted molar refractivity (Wildman–Crippen MR) is 103 cm³/mol. The molecule has 0 unspecified atom stereocenters. The molecule has 0 spiro atoms. The summed E-state index contributed by atoms with van der Waals surface area (Å²) in [5.74, 6) is 1.71. The highest BCUT2D eigenvalue weighted by molar-refractivity contribution is 9.10. The Morgan fingerprint density at radius 2 is 2.08 bits per heavy atom. The van der Waals surface area contributed by atoms with Crippen molar-refractivity contribution in [1.29, 1.82) is 0 Å². The van der Waals surface area contributed by atoms with Crippen LogP contribution in [0.2, 0.25) is 5.02 Å². The van der Waals surface area contributed by atoms with Gasteiger partial charge in [-0.05, 0) is 51.8 Å². The summed E-state index contributed by atoms with van der Waals surface area (Å²) in [6.45, 7) is 3.31. The van der Waals surface area contributed by atoms with Crippen molar-refractivity contribution in [3.05, 3.63) is 57.0 Å². The van der Waals surface area contributed by atoms with Crippen molar-refractivity contribution in [2.24, 2.45) is 0 Å². The Labute approximate surface area is 164 Å². The van der Waals surface area contributed by atoms with E-state index in [9.17, 15) is 0 Å². The van der Waals surface area contributed by atoms with Crippen molar-refractivity contribution in [2.45, 2.75) is 20.1 Å². The van der Waals surface area contributed by atoms with Crippen LogP contribution < -0.4 is 14.8 Å². The van der Waals surface area contributed by atoms with Crippen LogP contribution in [0.1, 0.15) is 18.1 Å². The third-order valence-corrected chi connectivity index (χ3v) is 4.45. The molecule has 1 heterocycles. The molecule has 0 radical (unpaired) electrons. The lowest BCUT2D eigenvalue weighted by atomic mass is 10.2. The molecule has 0 fully saturated rings. The molecule has 0 saturated heterocycles. The second-order valence-electron chi connectivity index (χ2n) is 5.31. The van der Waals surface area contributed by atoms with Crippen LogP contribution in [-0.2, 0) is 13.2 Å². The summed E-state index contributed by atoms with van der Waals surface area (Å²) in [6.07, 6.45) is 0. The predicted octanol–water partition coefficient (Wildman–Crippen LogP) is 4.21. The van der Waals surface area contributed by atoms with Crippen LogP contribution in [0, 0.1) is 0 Å². The average molecular weight is 439 g/mol. The van der Waals surface area contributed by atoms with E-state index in [0.717, 1.165) is 15.6 Å². The molecule has 7 nitrogen and oxygen atoms in total. The number of benzene rings is 2. The topological polar surface area (TPSA) is 85.0 Å². The zero-order valence-corrected chi connectivity index (χ0v) is 16.3. The van der Waals surface area contributed by atoms with Crippen LogP contribution >= 0.6 is 27.5 Å². The number of nitrogens with zero attached hydrogens (tertiary/aromatic N) is 3. The highest BCUT2D eigenvalue weighted by atomic mass is 79.9. The van der Waals surface area contributed by atoms with Gasteiger partial charge in [-0.3, -0.25) is 0 Å². The van der Waals surface area contributed by atoms with Gasteiger partial charge in [0.1, 0.15) is 6.61 Å². The Morgan fingerprint density at radius 3 is 2.81 bits per heavy atom. The molecule has 136 valence electrons. The first kappa shape index (κ1) is 18.5. The number of hydrogen-bond donors (Lipinski definition) is 2. The average Bonchev–Trinajstić information content (AvgIpc) is 3.14. The molecule has 0 bridgehead atoms. The number of aromatic amines is 1. The van der Waals surface area contributed by atoms with Gasteiger partial charge in [0.2, 0.25) is 0 Å². The van der Waals surface area contributed by atoms with Gasteiger partial charge in [0, 0.05) is 17.1 Å². The van der Waals surface area contributed by atoms with Crippen LogP contribution in [-0.4, -0.2) is 27.2 Å². The van der Waals surface area contributed by atoms with Crippen LogP contribution in [0.5, 0.6) is 11.5 Å². The van der Waals surface area contributed by atoms with Gasteiger partial charge in [0.25, 0.3) is 5.95 Å². The van der Waals surface area contributed by atoms with Gasteiger partial charge in [-0.1, -0.05) is 34.9 Å². The van der Waals surface area contributed by atoms with Crippen molar-refractivity contribution in [1.82, 2.24) is 20.6 Å². The first-order valence-electron chi connectivity index (χ1n) is 7.96. The summed E-state index contributed by atoms with van der Waals surface area (Å²) in [5, 5.41) is 17.4. The van der Waals surface area contributed by atoms with E-state index in [0.29, 0.717) is 42.2 Å². The number of hydrogen-bond acceptors (Lipinski definition) is 6. The maximum absolute atomic E-state index is 6.20. The van der Waals surface area contributed by atoms with E-state index >= 15 is 0 Å². The van der Waals surface area contributed by atoms with Crippen LogP contribution in [0.4, 0.5) is 5.95 Å². The van der Waals surface area contributed by atoms with Crippen LogP contribution in [0.3, 0.4) is 0 Å². The van der Waals surface area contributed by atoms with Gasteiger partial charge >= 0.3 is 0 Å². The van der Waals surface area contributed by atoms with E-state index in [1.54, 1.807) is 0 Å². The number of tetrazole rings is 1. The molecular formula is C17H17BrClN5O2. The van der Waals surface area contributed by atoms with Gasteiger partial charge in [0.05, 0.1) is 11.1 Å². The summed E-state index contributed by atoms with van der Waals surface area (Å²) < 4.78 is 12.5. The van der Waals surface area contributed by atoms with Crippen molar-refractivity contribution in [3.63, 3.8) is 0 Å². The fourth-order valence-corrected chi connectivity index (χ4v) is 3.10. The molecule has 0 atom stereocenters. The fraction of sp³-hybridized carbons (Fsp3) is 0.235. The van der Waals surface area contributed by atoms with Crippen molar-refractivity contribution < 1.29 is 9.47 Å². The molecule has 3 aromatic rings. The molecule has 0 amide bonds. The molecule has 0 aliphatic rings. The first-order chi connectivity index (χ1) is 12.7. The third-order valence-electron chi connectivity index (χ3n) is 3.49. The van der Waals surface area contributed by atoms with Crippen molar-refractivity contribution >= 4 is 33.5 Å². The molecule has 2 aromatic carbocycles. The van der Waals surface area contributed by atoms with E-state index in [1.807, 2.05) is 43.3 Å². The smallest absolute Gasteiger partial charge is 0.263 e. The normalized spacial score (nSPS) is 10.6. The Morgan fingerprint density at radius 1 is 1.23 bits per heavy atom. The van der Waals surface area contributed by atoms with Gasteiger partial charge in [-0.25, -0.2) is 0 Å². The second kappa shape index (κ2) is 8.86. The molecule has 3 rings (SSSR count). The quantitative estimate of drug-likeness (QED) is 0.548. The summed E-state index contributed by atoms with van der Waals surface area (Å²) in [4.78, 5) is 0. The minimum atomic E-state index is 0.346. The Hall–Kier alpha value is -2.32. The van der Waals surface area contributed by atoms with E-state index in [1.165, 1.54) is 0 Å². The lowest BCUT2D eigenvalue weighted by molar-refractivity contribution is 0.267. The SMILES string of the molecule is CCOc1cc(CNc2nn[nH]n2)cc(Br)c1OCc1ccccc1Cl. The first-order valence-corrected chi connectivity index (χ1v) is 9.13. The maximum Gasteiger partial charge on any atom is 0.263 e. The van der Waals surface area contributed by atoms with Crippen LogP contribution in [0.25, 0.3) is 0 Å². The number of H-pyrrole nitrogens is 1. The van der Waals surface area contributed by atoms with Gasteiger partial charge in [-0.15, -0.1) is 5.10 Å². The number of rotatable bonds is 8. The Kier molecular flexibility index (Phi) is 6.30. The summed E-state index contributed by atoms with van der Waals surface area (Å²) in [6, 6.07) is 11.5. The molecule has 2 N–H and O–H groups in total. The Balaban J connectivity index is 1.76. The summed E-state index contributed by atoms with van der Waals surface area (Å²) in [5.41, 5.74) is 1.89. The standard InChI is InChI=1S/C17H17BrClN5O2/c1-2-25-15-8-11(9-20-17-21-23-24-22-17)7-13(18)16(15)26-10-12-5-3-4-6-14(12)19/h3-8H,2,9-10H2,1H3,(H2,20,21,22,23,24). The van der Waals surface area contributed by atoms with Crippen molar-refractivity contribution in [2.75, 3.05) is 11.9 Å². The molecule has 1 aromatic heterocycles. The minimum absolute atomic E-state index is 0.346. The van der Waals surface area contributed by atoms with E-state index in [-0.39, 0.29) is 0 Å². The fourth-order valence-electron chi connectivity index (χ4n) is 2.31. The number of halogens is 2. The number of ether oxygens (including phenoxy) is 2. The summed E-state index contributed by atoms with van der Waals surface area (Å²) in [7, 11) is 0. The maximum atomic E-state index is 6.20. The molecule has 0 aliphatic carbocycles. The third kappa shape index (κ3) is 4.64. The zero-order valence-electron chi connectivity index (χ0n) is 14.0. The van der Waals surface area contributed by atoms with E-state index in [2.05, 4.69) is 41.9 Å². The largest absolute Gasteiger partial charge is 0.490 e. The monoisotopic (exact) mass is 437 g/mol. The molecule has 0 saturated carbocycles. The zero-order chi connectivity index (χ0) is 18.4. The van der Waals surface area contributed by atoms with Gasteiger partial charge < -0.3 is 14.8 Å². The lowest BCUT2D eigenvalue weighted by Crippen LogP contribution is -2.05.